The molecule has 1 amide bonds. The van der Waals surface area contributed by atoms with Crippen LogP contribution in [0, 0.1) is 6.92 Å². The van der Waals surface area contributed by atoms with Crippen molar-refractivity contribution in [2.24, 2.45) is 0 Å². The van der Waals surface area contributed by atoms with Gasteiger partial charge >= 0.3 is 5.97 Å². The molecule has 0 aliphatic rings. The minimum Gasteiger partial charge on any atom is -0.496 e. The number of carbonyl (C=O) groups is 2. The molecule has 1 aromatic heterocycles. The third kappa shape index (κ3) is 3.93. The molecule has 3 aromatic rings. The van der Waals surface area contributed by atoms with E-state index in [2.05, 4.69) is 12.2 Å². The van der Waals surface area contributed by atoms with E-state index in [1.165, 1.54) is 19.2 Å². The van der Waals surface area contributed by atoms with E-state index in [0.717, 1.165) is 35.9 Å². The van der Waals surface area contributed by atoms with Crippen molar-refractivity contribution in [3.63, 3.8) is 0 Å². The first kappa shape index (κ1) is 20.7. The fourth-order valence-corrected chi connectivity index (χ4v) is 3.70. The second-order valence-electron chi connectivity index (χ2n) is 6.79. The molecule has 3 rings (SSSR count). The van der Waals surface area contributed by atoms with E-state index in [4.69, 9.17) is 16.3 Å². The Hall–Kier alpha value is -2.99. The highest BCUT2D eigenvalue weighted by molar-refractivity contribution is 6.34. The summed E-state index contributed by atoms with van der Waals surface area (Å²) >= 11 is 6.24. The van der Waals surface area contributed by atoms with Crippen molar-refractivity contribution in [2.75, 3.05) is 12.4 Å². The fourth-order valence-electron chi connectivity index (χ4n) is 3.48. The highest BCUT2D eigenvalue weighted by atomic mass is 35.5. The maximum Gasteiger partial charge on any atom is 0.339 e. The number of anilines is 1. The number of halogens is 1. The zero-order valence-electron chi connectivity index (χ0n) is 16.6. The Bertz CT molecular complexity index is 1090. The van der Waals surface area contributed by atoms with Gasteiger partial charge in [-0.15, -0.1) is 0 Å². The quantitative estimate of drug-likeness (QED) is 0.545. The van der Waals surface area contributed by atoms with Crippen molar-refractivity contribution in [3.8, 4) is 5.75 Å². The van der Waals surface area contributed by atoms with Crippen molar-refractivity contribution >= 4 is 40.1 Å². The summed E-state index contributed by atoms with van der Waals surface area (Å²) in [6.45, 7) is 4.76. The van der Waals surface area contributed by atoms with Gasteiger partial charge in [0.2, 0.25) is 0 Å². The van der Waals surface area contributed by atoms with Crippen molar-refractivity contribution < 1.29 is 19.4 Å². The largest absolute Gasteiger partial charge is 0.496 e. The molecular formula is C22H23ClN2O4. The zero-order valence-corrected chi connectivity index (χ0v) is 17.3. The Morgan fingerprint density at radius 2 is 1.97 bits per heavy atom. The topological polar surface area (TPSA) is 80.6 Å². The van der Waals surface area contributed by atoms with Crippen molar-refractivity contribution in [3.05, 3.63) is 58.2 Å². The van der Waals surface area contributed by atoms with E-state index in [9.17, 15) is 14.7 Å². The molecule has 0 unspecified atom stereocenters. The van der Waals surface area contributed by atoms with Gasteiger partial charge in [-0.3, -0.25) is 4.79 Å². The molecule has 0 aliphatic heterocycles. The van der Waals surface area contributed by atoms with Crippen molar-refractivity contribution in [1.29, 1.82) is 0 Å². The summed E-state index contributed by atoms with van der Waals surface area (Å²) in [6.07, 6.45) is 1.95. The molecule has 0 fully saturated rings. The van der Waals surface area contributed by atoms with E-state index >= 15 is 0 Å². The van der Waals surface area contributed by atoms with Gasteiger partial charge in [-0.2, -0.15) is 0 Å². The molecule has 0 spiro atoms. The molecule has 0 saturated carbocycles. The van der Waals surface area contributed by atoms with Gasteiger partial charge < -0.3 is 19.7 Å². The molecule has 2 N–H and O–H groups in total. The number of nitrogens with zero attached hydrogens (tertiary/aromatic N) is 1. The van der Waals surface area contributed by atoms with Crippen LogP contribution >= 0.6 is 11.6 Å². The number of nitrogens with one attached hydrogen (secondary N) is 1. The summed E-state index contributed by atoms with van der Waals surface area (Å²) in [6, 6.07) is 10.6. The number of unbranched alkanes of at least 4 members (excludes halogenated alkanes) is 1. The van der Waals surface area contributed by atoms with Gasteiger partial charge in [-0.25, -0.2) is 4.79 Å². The number of rotatable bonds is 7. The molecule has 29 heavy (non-hydrogen) atoms. The summed E-state index contributed by atoms with van der Waals surface area (Å²) in [4.78, 5) is 24.6. The lowest BCUT2D eigenvalue weighted by Gasteiger charge is -2.14. The van der Waals surface area contributed by atoms with Gasteiger partial charge in [0, 0.05) is 23.5 Å². The van der Waals surface area contributed by atoms with Crippen molar-refractivity contribution in [1.82, 2.24) is 4.57 Å². The molecule has 7 heteroatoms. The predicted octanol–water partition coefficient (Wildman–Crippen LogP) is 5.36. The van der Waals surface area contributed by atoms with E-state index in [1.54, 1.807) is 0 Å². The molecule has 0 saturated heterocycles. The van der Waals surface area contributed by atoms with Crippen LogP contribution in [0.1, 0.15) is 46.2 Å². The Morgan fingerprint density at radius 1 is 1.24 bits per heavy atom. The first-order chi connectivity index (χ1) is 13.9. The Kier molecular flexibility index (Phi) is 6.13. The van der Waals surface area contributed by atoms with Crippen LogP contribution in [0.4, 0.5) is 5.69 Å². The van der Waals surface area contributed by atoms with Crippen LogP contribution in [0.25, 0.3) is 10.9 Å². The number of carbonyl (C=O) groups excluding carboxylic acids is 1. The molecule has 1 heterocycles. The van der Waals surface area contributed by atoms with Gasteiger partial charge in [0.15, 0.2) is 0 Å². The number of ether oxygens (including phenoxy) is 1. The number of fused-ring (bicyclic) bond motifs is 1. The van der Waals surface area contributed by atoms with E-state index in [1.807, 2.05) is 35.8 Å². The third-order valence-electron chi connectivity index (χ3n) is 4.94. The second kappa shape index (κ2) is 8.57. The number of carboxylic acids is 1. The molecule has 0 bridgehead atoms. The fraction of sp³-hybridized carbons (Fsp3) is 0.273. The highest BCUT2D eigenvalue weighted by Crippen LogP contribution is 2.32. The lowest BCUT2D eigenvalue weighted by molar-refractivity contribution is 0.0693. The maximum atomic E-state index is 13.2. The number of para-hydroxylation sites is 1. The van der Waals surface area contributed by atoms with Crippen LogP contribution in [0.15, 0.2) is 36.4 Å². The summed E-state index contributed by atoms with van der Waals surface area (Å²) in [7, 11) is 1.37. The number of aromatic carboxylic acids is 1. The lowest BCUT2D eigenvalue weighted by atomic mass is 10.1. The Labute approximate surface area is 174 Å². The molecule has 6 nitrogen and oxygen atoms in total. The minimum atomic E-state index is -1.16. The van der Waals surface area contributed by atoms with Gasteiger partial charge in [-0.05, 0) is 31.0 Å². The number of benzene rings is 2. The van der Waals surface area contributed by atoms with Crippen LogP contribution in [0.3, 0.4) is 0 Å². The van der Waals surface area contributed by atoms with Crippen LogP contribution in [-0.4, -0.2) is 28.7 Å². The van der Waals surface area contributed by atoms with Crippen LogP contribution in [-0.2, 0) is 6.54 Å². The van der Waals surface area contributed by atoms with Crippen LogP contribution in [0.2, 0.25) is 5.02 Å². The smallest absolute Gasteiger partial charge is 0.339 e. The minimum absolute atomic E-state index is 0.0660. The standard InChI is InChI=1S/C22H23ClN2O4/c1-4-5-10-25-18-9-7-6-8-14(18)13(2)20(25)21(26)24-17-12-19(29-3)15(22(27)28)11-16(17)23/h6-9,11-12H,4-5,10H2,1-3H3,(H,24,26)(H,27,28). The van der Waals surface area contributed by atoms with Crippen LogP contribution < -0.4 is 10.1 Å². The first-order valence-electron chi connectivity index (χ1n) is 9.39. The number of carboxylic acid groups (broad SMARTS) is 1. The SMILES string of the molecule is CCCCn1c(C(=O)Nc2cc(OC)c(C(=O)O)cc2Cl)c(C)c2ccccc21. The van der Waals surface area contributed by atoms with Gasteiger partial charge in [-0.1, -0.05) is 43.1 Å². The molecule has 0 atom stereocenters. The summed E-state index contributed by atoms with van der Waals surface area (Å²) < 4.78 is 7.17. The van der Waals surface area contributed by atoms with Gasteiger partial charge in [0.1, 0.15) is 17.0 Å². The molecule has 152 valence electrons. The third-order valence-corrected chi connectivity index (χ3v) is 5.25. The maximum absolute atomic E-state index is 13.2. The lowest BCUT2D eigenvalue weighted by Crippen LogP contribution is -2.19. The van der Waals surface area contributed by atoms with Gasteiger partial charge in [0.25, 0.3) is 5.91 Å². The number of aromatic nitrogens is 1. The number of aryl methyl sites for hydroxylation is 2. The number of hydrogen-bond acceptors (Lipinski definition) is 3. The zero-order chi connectivity index (χ0) is 21.1. The molecular weight excluding hydrogens is 392 g/mol. The monoisotopic (exact) mass is 414 g/mol. The molecule has 2 aromatic carbocycles. The average molecular weight is 415 g/mol. The van der Waals surface area contributed by atoms with E-state index < -0.39 is 5.97 Å². The predicted molar refractivity (Wildman–Crippen MR) is 114 cm³/mol. The normalized spacial score (nSPS) is 10.9. The van der Waals surface area contributed by atoms with E-state index in [0.29, 0.717) is 11.4 Å². The number of amides is 1. The highest BCUT2D eigenvalue weighted by Gasteiger charge is 2.22. The summed E-state index contributed by atoms with van der Waals surface area (Å²) in [5.74, 6) is -1.33. The molecule has 0 aliphatic carbocycles. The number of hydrogen-bond donors (Lipinski definition) is 2. The summed E-state index contributed by atoms with van der Waals surface area (Å²) in [5, 5.41) is 13.3. The van der Waals surface area contributed by atoms with Gasteiger partial charge in [0.05, 0.1) is 17.8 Å². The summed E-state index contributed by atoms with van der Waals surface area (Å²) in [5.41, 5.74) is 2.69. The Balaban J connectivity index is 2.05. The molecule has 0 radical (unpaired) electrons. The Morgan fingerprint density at radius 3 is 2.62 bits per heavy atom. The number of methoxy groups -OCH3 is 1. The average Bonchev–Trinajstić information content (AvgIpc) is 2.99. The van der Waals surface area contributed by atoms with E-state index in [-0.39, 0.29) is 22.2 Å². The van der Waals surface area contributed by atoms with Crippen LogP contribution in [0.5, 0.6) is 5.75 Å². The second-order valence-corrected chi connectivity index (χ2v) is 7.19. The van der Waals surface area contributed by atoms with Crippen molar-refractivity contribution in [2.45, 2.75) is 33.2 Å². The first-order valence-corrected chi connectivity index (χ1v) is 9.76.